The third-order valence-electron chi connectivity index (χ3n) is 7.08. The van der Waals surface area contributed by atoms with Crippen LogP contribution in [-0.4, -0.2) is 28.0 Å². The van der Waals surface area contributed by atoms with Gasteiger partial charge in [-0.1, -0.05) is 30.4 Å². The molecule has 1 aromatic carbocycles. The largest absolute Gasteiger partial charge is 0.358 e. The summed E-state index contributed by atoms with van der Waals surface area (Å²) in [5, 5.41) is 6.53. The number of aromatic amines is 1. The molecule has 3 aliphatic carbocycles. The Morgan fingerprint density at radius 3 is 2.42 bits per heavy atom. The van der Waals surface area contributed by atoms with Gasteiger partial charge in [-0.25, -0.2) is 0 Å². The first-order valence-electron chi connectivity index (χ1n) is 9.29. The Kier molecular flexibility index (Phi) is 2.52. The molecule has 6 rings (SSSR count). The summed E-state index contributed by atoms with van der Waals surface area (Å²) in [6.45, 7) is 1.98. The summed E-state index contributed by atoms with van der Waals surface area (Å²) in [6, 6.07) is 7.98. The van der Waals surface area contributed by atoms with E-state index in [4.69, 9.17) is 0 Å². The van der Waals surface area contributed by atoms with Gasteiger partial charge in [0.25, 0.3) is 11.8 Å². The van der Waals surface area contributed by atoms with Gasteiger partial charge < -0.3 is 4.98 Å². The highest BCUT2D eigenvalue weighted by Gasteiger charge is 2.73. The van der Waals surface area contributed by atoms with Crippen LogP contribution in [0.15, 0.2) is 41.5 Å². The van der Waals surface area contributed by atoms with E-state index < -0.39 is 0 Å². The molecule has 4 atom stereocenters. The van der Waals surface area contributed by atoms with Crippen molar-refractivity contribution in [3.8, 4) is 0 Å². The van der Waals surface area contributed by atoms with E-state index in [-0.39, 0.29) is 40.9 Å². The Morgan fingerprint density at radius 1 is 1.12 bits per heavy atom. The van der Waals surface area contributed by atoms with E-state index in [1.54, 1.807) is 6.21 Å². The number of hydrazone groups is 1. The first kappa shape index (κ1) is 14.5. The minimum atomic E-state index is -0.193. The first-order chi connectivity index (χ1) is 12.6. The molecule has 1 spiro atoms. The van der Waals surface area contributed by atoms with E-state index in [1.165, 1.54) is 0 Å². The van der Waals surface area contributed by atoms with Crippen LogP contribution >= 0.6 is 0 Å². The quantitative estimate of drug-likeness (QED) is 0.516. The van der Waals surface area contributed by atoms with Crippen LogP contribution in [0.3, 0.4) is 0 Å². The van der Waals surface area contributed by atoms with Gasteiger partial charge in [-0.3, -0.25) is 9.59 Å². The number of benzene rings is 1. The average Bonchev–Trinajstić information content (AvgIpc) is 3.10. The van der Waals surface area contributed by atoms with Crippen molar-refractivity contribution in [2.75, 3.05) is 0 Å². The van der Waals surface area contributed by atoms with Gasteiger partial charge in [0, 0.05) is 22.2 Å². The second-order valence-electron chi connectivity index (χ2n) is 8.16. The molecular formula is C21H19N3O2. The third kappa shape index (κ3) is 1.55. The number of para-hydroxylation sites is 1. The lowest BCUT2D eigenvalue weighted by atomic mass is 9.85. The number of carbonyl (C=O) groups is 2. The zero-order chi connectivity index (χ0) is 17.6. The number of carbonyl (C=O) groups excluding carboxylic acids is 2. The van der Waals surface area contributed by atoms with Gasteiger partial charge >= 0.3 is 0 Å². The highest BCUT2D eigenvalue weighted by Crippen LogP contribution is 2.73. The lowest BCUT2D eigenvalue weighted by molar-refractivity contribution is -0.141. The smallest absolute Gasteiger partial charge is 0.254 e. The Bertz CT molecular complexity index is 1010. The molecule has 2 heterocycles. The molecule has 4 unspecified atom stereocenters. The molecule has 2 bridgehead atoms. The normalized spacial score (nSPS) is 33.3. The van der Waals surface area contributed by atoms with Gasteiger partial charge in [-0.05, 0) is 43.1 Å². The summed E-state index contributed by atoms with van der Waals surface area (Å²) in [4.78, 5) is 29.2. The number of amides is 2. The van der Waals surface area contributed by atoms with Crippen LogP contribution in [-0.2, 0) is 9.59 Å². The highest BCUT2D eigenvalue weighted by molar-refractivity contribution is 6.08. The van der Waals surface area contributed by atoms with E-state index in [0.717, 1.165) is 40.0 Å². The molecule has 1 N–H and O–H groups in total. The summed E-state index contributed by atoms with van der Waals surface area (Å²) in [5.41, 5.74) is 3.16. The molecule has 2 saturated carbocycles. The van der Waals surface area contributed by atoms with Crippen molar-refractivity contribution in [2.24, 2.45) is 34.2 Å². The Hall–Kier alpha value is -2.69. The molecule has 2 amide bonds. The second-order valence-corrected chi connectivity index (χ2v) is 8.16. The van der Waals surface area contributed by atoms with Gasteiger partial charge in [-0.15, -0.1) is 0 Å². The van der Waals surface area contributed by atoms with Gasteiger partial charge in [0.1, 0.15) is 0 Å². The van der Waals surface area contributed by atoms with Crippen LogP contribution in [0.25, 0.3) is 10.9 Å². The van der Waals surface area contributed by atoms with Crippen LogP contribution in [0.4, 0.5) is 0 Å². The number of imide groups is 1. The van der Waals surface area contributed by atoms with Crippen LogP contribution < -0.4 is 0 Å². The number of allylic oxidation sites excluding steroid dienone is 2. The van der Waals surface area contributed by atoms with Gasteiger partial charge in [0.2, 0.25) is 0 Å². The lowest BCUT2D eigenvalue weighted by Gasteiger charge is -2.18. The van der Waals surface area contributed by atoms with Crippen molar-refractivity contribution in [1.82, 2.24) is 9.99 Å². The first-order valence-corrected chi connectivity index (χ1v) is 9.29. The number of aryl methyl sites for hydroxylation is 1. The van der Waals surface area contributed by atoms with Gasteiger partial charge in [-0.2, -0.15) is 10.1 Å². The average molecular weight is 345 g/mol. The molecule has 26 heavy (non-hydrogen) atoms. The zero-order valence-electron chi connectivity index (χ0n) is 14.5. The summed E-state index contributed by atoms with van der Waals surface area (Å²) >= 11 is 0. The Balaban J connectivity index is 1.36. The SMILES string of the molecule is Cc1[nH]c2ccccc2c1/C=N/N1C(=O)C2C(C1=O)C1C=CC2C12CC2. The van der Waals surface area contributed by atoms with E-state index in [2.05, 4.69) is 22.2 Å². The van der Waals surface area contributed by atoms with Crippen LogP contribution in [0, 0.1) is 36.0 Å². The number of hydrogen-bond donors (Lipinski definition) is 1. The maximum absolute atomic E-state index is 13.0. The molecule has 5 heteroatoms. The number of rotatable bonds is 2. The second kappa shape index (κ2) is 4.53. The molecule has 5 nitrogen and oxygen atoms in total. The fourth-order valence-electron chi connectivity index (χ4n) is 5.76. The number of nitrogens with one attached hydrogen (secondary N) is 1. The molecule has 2 aromatic rings. The maximum atomic E-state index is 13.0. The van der Waals surface area contributed by atoms with Gasteiger partial charge in [0.05, 0.1) is 18.1 Å². The Labute approximate surface area is 150 Å². The molecule has 130 valence electrons. The summed E-state index contributed by atoms with van der Waals surface area (Å²) in [6.07, 6.45) is 8.33. The highest BCUT2D eigenvalue weighted by atomic mass is 16.2. The predicted octanol–water partition coefficient (Wildman–Crippen LogP) is 3.01. The molecule has 4 aliphatic rings. The van der Waals surface area contributed by atoms with Crippen molar-refractivity contribution in [3.63, 3.8) is 0 Å². The van der Waals surface area contributed by atoms with Crippen molar-refractivity contribution in [1.29, 1.82) is 0 Å². The molecule has 3 fully saturated rings. The van der Waals surface area contributed by atoms with Crippen molar-refractivity contribution in [2.45, 2.75) is 19.8 Å². The standard InChI is InChI=1S/C21H19N3O2/c1-11-13(12-4-2-3-5-16(12)23-11)10-22-24-19(25)17-14-6-7-15(18(17)20(24)26)21(14)8-9-21/h2-7,10,14-15,17-18,23H,8-9H2,1H3/b22-10+. The molecule has 0 radical (unpaired) electrons. The zero-order valence-corrected chi connectivity index (χ0v) is 14.5. The summed E-state index contributed by atoms with van der Waals surface area (Å²) < 4.78 is 0. The van der Waals surface area contributed by atoms with E-state index in [9.17, 15) is 9.59 Å². The van der Waals surface area contributed by atoms with E-state index in [1.807, 2.05) is 31.2 Å². The van der Waals surface area contributed by atoms with Gasteiger partial charge in [0.15, 0.2) is 0 Å². The molecule has 1 aromatic heterocycles. The molecule has 1 saturated heterocycles. The van der Waals surface area contributed by atoms with Crippen LogP contribution in [0.1, 0.15) is 24.1 Å². The van der Waals surface area contributed by atoms with Crippen LogP contribution in [0.2, 0.25) is 0 Å². The van der Waals surface area contributed by atoms with Crippen LogP contribution in [0.5, 0.6) is 0 Å². The van der Waals surface area contributed by atoms with Crippen molar-refractivity contribution >= 4 is 28.9 Å². The minimum Gasteiger partial charge on any atom is -0.358 e. The molecule has 1 aliphatic heterocycles. The Morgan fingerprint density at radius 2 is 1.77 bits per heavy atom. The number of hydrogen-bond acceptors (Lipinski definition) is 3. The van der Waals surface area contributed by atoms with E-state index >= 15 is 0 Å². The number of fused-ring (bicyclic) bond motifs is 4. The number of nitrogens with zero attached hydrogens (tertiary/aromatic N) is 2. The van der Waals surface area contributed by atoms with Crippen molar-refractivity contribution < 1.29 is 9.59 Å². The monoisotopic (exact) mass is 345 g/mol. The maximum Gasteiger partial charge on any atom is 0.254 e. The minimum absolute atomic E-state index is 0.114. The third-order valence-corrected chi connectivity index (χ3v) is 7.08. The predicted molar refractivity (Wildman–Crippen MR) is 97.2 cm³/mol. The fourth-order valence-corrected chi connectivity index (χ4v) is 5.76. The number of H-pyrrole nitrogens is 1. The molecular weight excluding hydrogens is 326 g/mol. The lowest BCUT2D eigenvalue weighted by Crippen LogP contribution is -2.30. The fraction of sp³-hybridized carbons (Fsp3) is 0.381. The summed E-state index contributed by atoms with van der Waals surface area (Å²) in [5.74, 6) is -0.135. The number of aromatic nitrogens is 1. The summed E-state index contributed by atoms with van der Waals surface area (Å²) in [7, 11) is 0. The van der Waals surface area contributed by atoms with Crippen molar-refractivity contribution in [3.05, 3.63) is 47.7 Å². The van der Waals surface area contributed by atoms with E-state index in [0.29, 0.717) is 0 Å². The topological polar surface area (TPSA) is 65.5 Å².